The van der Waals surface area contributed by atoms with Gasteiger partial charge in [-0.2, -0.15) is 8.42 Å². The fourth-order valence-corrected chi connectivity index (χ4v) is 3.27. The number of carbonyl (C=O) groups is 1. The maximum Gasteiger partial charge on any atom is 0.295 e. The molecule has 0 saturated heterocycles. The Hall–Kier alpha value is -3.50. The molecular weight excluding hydrogens is 376 g/mol. The summed E-state index contributed by atoms with van der Waals surface area (Å²) >= 11 is 0. The van der Waals surface area contributed by atoms with Crippen molar-refractivity contribution in [1.29, 1.82) is 0 Å². The summed E-state index contributed by atoms with van der Waals surface area (Å²) in [5.41, 5.74) is 0.0404. The van der Waals surface area contributed by atoms with Crippen LogP contribution in [-0.4, -0.2) is 28.9 Å². The van der Waals surface area contributed by atoms with Gasteiger partial charge in [0.1, 0.15) is 10.6 Å². The minimum absolute atomic E-state index is 0.0557. The van der Waals surface area contributed by atoms with Crippen LogP contribution in [0.1, 0.15) is 10.4 Å². The van der Waals surface area contributed by atoms with Crippen LogP contribution in [0.5, 0.6) is 5.75 Å². The van der Waals surface area contributed by atoms with Crippen LogP contribution in [0.15, 0.2) is 59.5 Å². The molecule has 0 atom stereocenters. The topological polar surface area (TPSA) is 147 Å². The van der Waals surface area contributed by atoms with Gasteiger partial charge in [0, 0.05) is 34.2 Å². The zero-order chi connectivity index (χ0) is 19.8. The number of non-ortho nitro benzene ring substituents is 1. The smallest absolute Gasteiger partial charge is 0.295 e. The average molecular weight is 388 g/mol. The van der Waals surface area contributed by atoms with E-state index in [1.54, 1.807) is 0 Å². The lowest BCUT2D eigenvalue weighted by molar-refractivity contribution is -0.384. The molecule has 0 unspecified atom stereocenters. The van der Waals surface area contributed by atoms with Crippen LogP contribution in [0, 0.1) is 10.1 Å². The molecule has 0 radical (unpaired) electrons. The van der Waals surface area contributed by atoms with Gasteiger partial charge in [-0.05, 0) is 30.3 Å². The molecule has 0 saturated carbocycles. The van der Waals surface area contributed by atoms with E-state index in [1.807, 2.05) is 0 Å². The number of fused-ring (bicyclic) bond motifs is 1. The Morgan fingerprint density at radius 3 is 2.44 bits per heavy atom. The Bertz CT molecular complexity index is 1190. The highest BCUT2D eigenvalue weighted by molar-refractivity contribution is 7.86. The maximum absolute atomic E-state index is 12.3. The molecule has 3 rings (SSSR count). The van der Waals surface area contributed by atoms with Gasteiger partial charge in [-0.25, -0.2) is 0 Å². The number of aromatic hydroxyl groups is 1. The summed E-state index contributed by atoms with van der Waals surface area (Å²) in [7, 11) is -4.50. The first-order chi connectivity index (χ1) is 12.7. The molecule has 0 bridgehead atoms. The molecule has 0 spiro atoms. The molecule has 9 nitrogen and oxygen atoms in total. The summed E-state index contributed by atoms with van der Waals surface area (Å²) in [5.74, 6) is -0.868. The van der Waals surface area contributed by atoms with E-state index >= 15 is 0 Å². The van der Waals surface area contributed by atoms with E-state index in [9.17, 15) is 33.0 Å². The summed E-state index contributed by atoms with van der Waals surface area (Å²) in [6, 6.07) is 11.3. The van der Waals surface area contributed by atoms with Crippen molar-refractivity contribution in [3.63, 3.8) is 0 Å². The number of rotatable bonds is 4. The number of benzene rings is 3. The van der Waals surface area contributed by atoms with Gasteiger partial charge >= 0.3 is 0 Å². The zero-order valence-corrected chi connectivity index (χ0v) is 14.3. The number of phenolic OH excluding ortho intramolecular Hbond substituents is 1. The number of nitro benzene ring substituents is 1. The SMILES string of the molecule is O=C(Nc1ccc2c(S(=O)(=O)O)ccc(O)c2c1)c1cccc([N+](=O)[O-])c1. The van der Waals surface area contributed by atoms with Crippen molar-refractivity contribution < 1.29 is 27.8 Å². The van der Waals surface area contributed by atoms with Crippen LogP contribution in [-0.2, 0) is 10.1 Å². The van der Waals surface area contributed by atoms with Crippen molar-refractivity contribution in [1.82, 2.24) is 0 Å². The Balaban J connectivity index is 1.99. The van der Waals surface area contributed by atoms with E-state index in [-0.39, 0.29) is 38.4 Å². The van der Waals surface area contributed by atoms with Gasteiger partial charge in [0.15, 0.2) is 0 Å². The Morgan fingerprint density at radius 2 is 1.78 bits per heavy atom. The van der Waals surface area contributed by atoms with Crippen LogP contribution in [0.3, 0.4) is 0 Å². The highest BCUT2D eigenvalue weighted by Crippen LogP contribution is 2.32. The highest BCUT2D eigenvalue weighted by atomic mass is 32.2. The van der Waals surface area contributed by atoms with Gasteiger partial charge in [0.25, 0.3) is 21.7 Å². The number of hydrogen-bond donors (Lipinski definition) is 3. The number of nitro groups is 1. The fraction of sp³-hybridized carbons (Fsp3) is 0. The molecule has 3 aromatic carbocycles. The van der Waals surface area contributed by atoms with E-state index in [0.717, 1.165) is 18.2 Å². The van der Waals surface area contributed by atoms with E-state index in [0.29, 0.717) is 0 Å². The molecule has 0 fully saturated rings. The molecule has 0 aliphatic carbocycles. The zero-order valence-electron chi connectivity index (χ0n) is 13.5. The van der Waals surface area contributed by atoms with Crippen molar-refractivity contribution in [2.75, 3.05) is 5.32 Å². The average Bonchev–Trinajstić information content (AvgIpc) is 2.61. The van der Waals surface area contributed by atoms with Gasteiger partial charge in [-0.1, -0.05) is 12.1 Å². The summed E-state index contributed by atoms with van der Waals surface area (Å²) < 4.78 is 32.2. The van der Waals surface area contributed by atoms with Gasteiger partial charge in [-0.3, -0.25) is 19.5 Å². The summed E-state index contributed by atoms with van der Waals surface area (Å²) in [6.45, 7) is 0. The fourth-order valence-electron chi connectivity index (χ4n) is 2.57. The van der Waals surface area contributed by atoms with Crippen molar-refractivity contribution in [3.05, 3.63) is 70.3 Å². The number of phenols is 1. The molecule has 0 aliphatic rings. The van der Waals surface area contributed by atoms with Gasteiger partial charge < -0.3 is 10.4 Å². The molecular formula is C17H12N2O7S. The lowest BCUT2D eigenvalue weighted by atomic mass is 10.1. The third-order valence-electron chi connectivity index (χ3n) is 3.81. The molecule has 0 heterocycles. The molecule has 0 aliphatic heterocycles. The number of nitrogens with one attached hydrogen (secondary N) is 1. The number of hydrogen-bond acceptors (Lipinski definition) is 6. The second-order valence-corrected chi connectivity index (χ2v) is 6.97. The predicted octanol–water partition coefficient (Wildman–Crippen LogP) is 2.95. The standard InChI is InChI=1S/C17H12N2O7S/c20-15-6-7-16(27(24,25)26)13-5-4-11(9-14(13)15)18-17(21)10-2-1-3-12(8-10)19(22)23/h1-9,20H,(H,18,21)(H,24,25,26). The van der Waals surface area contributed by atoms with Crippen LogP contribution in [0.4, 0.5) is 11.4 Å². The largest absolute Gasteiger partial charge is 0.507 e. The third-order valence-corrected chi connectivity index (χ3v) is 4.72. The van der Waals surface area contributed by atoms with Gasteiger partial charge in [-0.15, -0.1) is 0 Å². The van der Waals surface area contributed by atoms with Crippen molar-refractivity contribution in [2.45, 2.75) is 4.90 Å². The molecule has 10 heteroatoms. The first-order valence-corrected chi connectivity index (χ1v) is 8.90. The number of anilines is 1. The molecule has 3 N–H and O–H groups in total. The summed E-state index contributed by atoms with van der Waals surface area (Å²) in [5, 5.41) is 23.5. The van der Waals surface area contributed by atoms with E-state index in [1.165, 1.54) is 36.4 Å². The van der Waals surface area contributed by atoms with E-state index < -0.39 is 20.9 Å². The minimum atomic E-state index is -4.50. The summed E-state index contributed by atoms with van der Waals surface area (Å²) in [4.78, 5) is 22.1. The Kier molecular flexibility index (Phi) is 4.52. The highest BCUT2D eigenvalue weighted by Gasteiger charge is 2.17. The van der Waals surface area contributed by atoms with E-state index in [4.69, 9.17) is 0 Å². The quantitative estimate of drug-likeness (QED) is 0.354. The first-order valence-electron chi connectivity index (χ1n) is 7.46. The lowest BCUT2D eigenvalue weighted by Crippen LogP contribution is -2.12. The second kappa shape index (κ2) is 6.67. The number of carbonyl (C=O) groups excluding carboxylic acids is 1. The van der Waals surface area contributed by atoms with Gasteiger partial charge in [0.2, 0.25) is 0 Å². The molecule has 3 aromatic rings. The maximum atomic E-state index is 12.3. The van der Waals surface area contributed by atoms with Crippen molar-refractivity contribution in [3.8, 4) is 5.75 Å². The normalized spacial score (nSPS) is 11.3. The Labute approximate surface area is 152 Å². The van der Waals surface area contributed by atoms with Crippen LogP contribution >= 0.6 is 0 Å². The minimum Gasteiger partial charge on any atom is -0.507 e. The van der Waals surface area contributed by atoms with Gasteiger partial charge in [0.05, 0.1) is 4.92 Å². The van der Waals surface area contributed by atoms with Crippen molar-refractivity contribution >= 4 is 38.2 Å². The molecule has 0 aromatic heterocycles. The molecule has 138 valence electrons. The lowest BCUT2D eigenvalue weighted by Gasteiger charge is -2.10. The monoisotopic (exact) mass is 388 g/mol. The third kappa shape index (κ3) is 3.71. The van der Waals surface area contributed by atoms with E-state index in [2.05, 4.69) is 5.32 Å². The van der Waals surface area contributed by atoms with Crippen LogP contribution < -0.4 is 5.32 Å². The predicted molar refractivity (Wildman–Crippen MR) is 96.5 cm³/mol. The molecule has 27 heavy (non-hydrogen) atoms. The van der Waals surface area contributed by atoms with Crippen LogP contribution in [0.2, 0.25) is 0 Å². The second-order valence-electron chi connectivity index (χ2n) is 5.58. The number of amides is 1. The summed E-state index contributed by atoms with van der Waals surface area (Å²) in [6.07, 6.45) is 0. The van der Waals surface area contributed by atoms with Crippen molar-refractivity contribution in [2.24, 2.45) is 0 Å². The Morgan fingerprint density at radius 1 is 1.04 bits per heavy atom. The van der Waals surface area contributed by atoms with Crippen LogP contribution in [0.25, 0.3) is 10.8 Å². The first kappa shape index (κ1) is 18.3. The number of nitrogens with zero attached hydrogens (tertiary/aromatic N) is 1. The molecule has 1 amide bonds.